The van der Waals surface area contributed by atoms with Gasteiger partial charge in [-0.3, -0.25) is 19.8 Å². The van der Waals surface area contributed by atoms with Gasteiger partial charge in [-0.25, -0.2) is 14.4 Å². The van der Waals surface area contributed by atoms with Gasteiger partial charge < -0.3 is 45.3 Å². The van der Waals surface area contributed by atoms with Crippen LogP contribution in [0.4, 0.5) is 4.79 Å². The molecule has 1 aromatic rings. The van der Waals surface area contributed by atoms with Gasteiger partial charge in [0.1, 0.15) is 35.8 Å². The number of imide groups is 1. The van der Waals surface area contributed by atoms with Crippen LogP contribution < -0.4 is 16.4 Å². The van der Waals surface area contributed by atoms with E-state index in [2.05, 4.69) is 17.2 Å². The van der Waals surface area contributed by atoms with Crippen molar-refractivity contribution in [3.05, 3.63) is 59.6 Å². The number of hydrogen-bond acceptors (Lipinski definition) is 14. The summed E-state index contributed by atoms with van der Waals surface area (Å²) in [5, 5.41) is 35.4. The van der Waals surface area contributed by atoms with Crippen molar-refractivity contribution >= 4 is 29.8 Å². The van der Waals surface area contributed by atoms with Crippen molar-refractivity contribution in [2.24, 2.45) is 17.6 Å². The lowest BCUT2D eigenvalue weighted by molar-refractivity contribution is -0.200. The molecule has 0 bridgehead atoms. The Bertz CT molecular complexity index is 1430. The number of amides is 3. The number of benzene rings is 1. The summed E-state index contributed by atoms with van der Waals surface area (Å²) >= 11 is 0. The Labute approximate surface area is 284 Å². The van der Waals surface area contributed by atoms with Crippen molar-refractivity contribution in [1.82, 2.24) is 15.5 Å². The average Bonchev–Trinajstić information content (AvgIpc) is 3.25. The normalized spacial score (nSPS) is 21.5. The van der Waals surface area contributed by atoms with E-state index >= 15 is 0 Å². The standard InChI is InChI=1S/C33H46N4O12/c1-15(2)24(37-27(41)18-11-9-10-12-19(18)28(37)42)30(44)48-31(16(3)4)47-29(43)22-13-20(23(34)26(46-22)25(40)21(39)14-38)35-17(5)36-32(45)49-33(6,7)8/h9-13,15-16,20-21,23-26,31,35,38-40H,5,14,34H2,1-4,6-8H3,(H,36,45)/t20-,21+,23+,24+,25+,26+,31?/m0/s1. The molecule has 16 nitrogen and oxygen atoms in total. The molecule has 49 heavy (non-hydrogen) atoms. The van der Waals surface area contributed by atoms with Crippen LogP contribution in [0.15, 0.2) is 48.5 Å². The van der Waals surface area contributed by atoms with E-state index in [1.165, 1.54) is 18.2 Å². The highest BCUT2D eigenvalue weighted by Gasteiger charge is 2.46. The van der Waals surface area contributed by atoms with E-state index in [1.54, 1.807) is 60.6 Å². The number of fused-ring (bicyclic) bond motifs is 1. The Morgan fingerprint density at radius 2 is 1.59 bits per heavy atom. The third kappa shape index (κ3) is 9.35. The largest absolute Gasteiger partial charge is 0.479 e. The molecule has 0 saturated carbocycles. The van der Waals surface area contributed by atoms with Gasteiger partial charge in [-0.2, -0.15) is 0 Å². The van der Waals surface area contributed by atoms with E-state index in [1.807, 2.05) is 0 Å². The number of ether oxygens (including phenoxy) is 4. The molecule has 0 aromatic heterocycles. The molecule has 0 radical (unpaired) electrons. The highest BCUT2D eigenvalue weighted by atomic mass is 16.7. The molecule has 1 unspecified atom stereocenters. The van der Waals surface area contributed by atoms with E-state index in [9.17, 15) is 39.3 Å². The van der Waals surface area contributed by atoms with Gasteiger partial charge in [-0.1, -0.05) is 46.4 Å². The summed E-state index contributed by atoms with van der Waals surface area (Å²) in [5.74, 6) is -5.35. The van der Waals surface area contributed by atoms with Crippen molar-refractivity contribution in [2.75, 3.05) is 6.61 Å². The topological polar surface area (TPSA) is 236 Å². The number of carbonyl (C=O) groups is 5. The van der Waals surface area contributed by atoms with E-state index in [4.69, 9.17) is 24.7 Å². The minimum atomic E-state index is -1.79. The summed E-state index contributed by atoms with van der Waals surface area (Å²) in [4.78, 5) is 66.4. The summed E-state index contributed by atoms with van der Waals surface area (Å²) in [7, 11) is 0. The maximum absolute atomic E-state index is 13.6. The van der Waals surface area contributed by atoms with Crippen LogP contribution in [0.25, 0.3) is 0 Å². The number of hydrogen-bond donors (Lipinski definition) is 6. The lowest BCUT2D eigenvalue weighted by Crippen LogP contribution is -2.61. The van der Waals surface area contributed by atoms with Gasteiger partial charge in [0, 0.05) is 5.92 Å². The highest BCUT2D eigenvalue weighted by molar-refractivity contribution is 6.22. The molecular weight excluding hydrogens is 644 g/mol. The van der Waals surface area contributed by atoms with Crippen molar-refractivity contribution in [2.45, 2.75) is 96.8 Å². The predicted molar refractivity (Wildman–Crippen MR) is 172 cm³/mol. The number of nitrogens with two attached hydrogens (primary N) is 1. The van der Waals surface area contributed by atoms with Crippen LogP contribution in [0.1, 0.15) is 69.2 Å². The van der Waals surface area contributed by atoms with Crippen molar-refractivity contribution in [1.29, 1.82) is 0 Å². The zero-order valence-electron chi connectivity index (χ0n) is 28.5. The first kappa shape index (κ1) is 38.9. The van der Waals surface area contributed by atoms with E-state index in [0.717, 1.165) is 4.90 Å². The smallest absolute Gasteiger partial charge is 0.413 e. The number of rotatable bonds is 13. The third-order valence-electron chi connectivity index (χ3n) is 7.48. The second kappa shape index (κ2) is 15.8. The Hall–Kier alpha value is -4.51. The van der Waals surface area contributed by atoms with Crippen molar-refractivity contribution in [3.8, 4) is 0 Å². The van der Waals surface area contributed by atoms with Gasteiger partial charge in [0.15, 0.2) is 0 Å². The molecule has 3 rings (SSSR count). The molecule has 0 fully saturated rings. The number of carbonyl (C=O) groups excluding carboxylic acids is 5. The summed E-state index contributed by atoms with van der Waals surface area (Å²) in [5.41, 5.74) is 5.77. The number of aliphatic hydroxyl groups is 3. The van der Waals surface area contributed by atoms with Crippen LogP contribution in [-0.2, 0) is 28.5 Å². The molecule has 0 saturated heterocycles. The lowest BCUT2D eigenvalue weighted by Gasteiger charge is -2.39. The fourth-order valence-electron chi connectivity index (χ4n) is 5.07. The maximum Gasteiger partial charge on any atom is 0.413 e. The molecule has 1 aromatic carbocycles. The lowest BCUT2D eigenvalue weighted by atomic mass is 9.93. The molecule has 7 N–H and O–H groups in total. The fourth-order valence-corrected chi connectivity index (χ4v) is 5.07. The van der Waals surface area contributed by atoms with Crippen LogP contribution in [-0.4, -0.2) is 105 Å². The minimum absolute atomic E-state index is 0.0987. The molecule has 2 heterocycles. The molecule has 2 aliphatic heterocycles. The number of nitrogens with one attached hydrogen (secondary N) is 2. The predicted octanol–water partition coefficient (Wildman–Crippen LogP) is 0.654. The number of alkyl carbamates (subject to hydrolysis) is 1. The van der Waals surface area contributed by atoms with Crippen LogP contribution >= 0.6 is 0 Å². The molecule has 16 heteroatoms. The first-order chi connectivity index (χ1) is 22.8. The Morgan fingerprint density at radius 1 is 1.02 bits per heavy atom. The maximum atomic E-state index is 13.6. The summed E-state index contributed by atoms with van der Waals surface area (Å²) in [6.07, 6.45) is -6.21. The molecule has 3 amide bonds. The van der Waals surface area contributed by atoms with E-state index in [0.29, 0.717) is 0 Å². The second-order valence-corrected chi connectivity index (χ2v) is 13.4. The fraction of sp³-hybridized carbons (Fsp3) is 0.545. The van der Waals surface area contributed by atoms with Crippen LogP contribution in [0.5, 0.6) is 0 Å². The number of aliphatic hydroxyl groups excluding tert-OH is 3. The number of nitrogens with zero attached hydrogens (tertiary/aromatic N) is 1. The Kier molecular flexibility index (Phi) is 12.6. The van der Waals surface area contributed by atoms with Crippen molar-refractivity contribution in [3.63, 3.8) is 0 Å². The van der Waals surface area contributed by atoms with Crippen molar-refractivity contribution < 1.29 is 58.2 Å². The summed E-state index contributed by atoms with van der Waals surface area (Å²) in [6.45, 7) is 14.2. The van der Waals surface area contributed by atoms with Gasteiger partial charge in [0.25, 0.3) is 11.8 Å². The first-order valence-corrected chi connectivity index (χ1v) is 15.7. The monoisotopic (exact) mass is 690 g/mol. The SMILES string of the molecule is C=C(NC(=O)OC(C)(C)C)N[C@H]1C=C(C(=O)OC(OC(=O)[C@@H](C(C)C)N2C(=O)c3ccccc3C2=O)C(C)C)O[C@@H]([C@H](O)[C@H](O)CO)[C@@H]1N. The van der Waals surface area contributed by atoms with Gasteiger partial charge >= 0.3 is 18.0 Å². The molecule has 7 atom stereocenters. The minimum Gasteiger partial charge on any atom is -0.479 e. The van der Waals surface area contributed by atoms with E-state index in [-0.39, 0.29) is 16.9 Å². The molecule has 270 valence electrons. The Morgan fingerprint density at radius 3 is 2.08 bits per heavy atom. The quantitative estimate of drug-likeness (QED) is 0.0948. The molecule has 0 aliphatic carbocycles. The van der Waals surface area contributed by atoms with Gasteiger partial charge in [-0.15, -0.1) is 0 Å². The van der Waals surface area contributed by atoms with Crippen LogP contribution in [0.3, 0.4) is 0 Å². The summed E-state index contributed by atoms with van der Waals surface area (Å²) < 4.78 is 21.9. The summed E-state index contributed by atoms with van der Waals surface area (Å²) in [6, 6.07) is 2.54. The third-order valence-corrected chi connectivity index (χ3v) is 7.48. The van der Waals surface area contributed by atoms with E-state index < -0.39 is 102 Å². The molecular formula is C33H46N4O12. The van der Waals surface area contributed by atoms with Gasteiger partial charge in [-0.05, 0) is 44.9 Å². The zero-order chi connectivity index (χ0) is 37.0. The van der Waals surface area contributed by atoms with Gasteiger partial charge in [0.2, 0.25) is 12.0 Å². The first-order valence-electron chi connectivity index (χ1n) is 15.7. The number of esters is 2. The second-order valence-electron chi connectivity index (χ2n) is 13.4. The van der Waals surface area contributed by atoms with Crippen LogP contribution in [0.2, 0.25) is 0 Å². The van der Waals surface area contributed by atoms with Gasteiger partial charge in [0.05, 0.1) is 29.8 Å². The van der Waals surface area contributed by atoms with Crippen LogP contribution in [0, 0.1) is 11.8 Å². The Balaban J connectivity index is 1.84. The zero-order valence-corrected chi connectivity index (χ0v) is 28.5. The molecule has 2 aliphatic rings. The highest BCUT2D eigenvalue weighted by Crippen LogP contribution is 2.29. The average molecular weight is 691 g/mol. The molecule has 0 spiro atoms.